The Balaban J connectivity index is 4.31. The minimum atomic E-state index is -0.884. The number of esters is 2. The minimum Gasteiger partial charge on any atom is -0.477 e. The smallest absolute Gasteiger partial charge is 0.362 e. The van der Waals surface area contributed by atoms with Crippen LogP contribution in [0.4, 0.5) is 0 Å². The molecule has 2 unspecified atom stereocenters. The van der Waals surface area contributed by atoms with E-state index in [4.69, 9.17) is 14.2 Å². The summed E-state index contributed by atoms with van der Waals surface area (Å²) in [5.41, 5.74) is 0. The van der Waals surface area contributed by atoms with Gasteiger partial charge in [-0.25, -0.2) is 4.79 Å². The molecule has 8 nitrogen and oxygen atoms in total. The predicted octanol–water partition coefficient (Wildman–Crippen LogP) is 14.8. The second kappa shape index (κ2) is 46.5. The molecule has 0 rings (SSSR count). The van der Waals surface area contributed by atoms with Crippen LogP contribution < -0.4 is 0 Å². The van der Waals surface area contributed by atoms with E-state index in [1.165, 1.54) is 57.8 Å². The van der Waals surface area contributed by atoms with E-state index in [-0.39, 0.29) is 36.2 Å². The fourth-order valence-corrected chi connectivity index (χ4v) is 6.88. The molecular weight excluding hydrogens is 811 g/mol. The fraction of sp³-hybridized carbons (Fsp3) is 0.632. The Morgan fingerprint density at radius 3 is 1.42 bits per heavy atom. The highest BCUT2D eigenvalue weighted by molar-refractivity contribution is 5.72. The van der Waals surface area contributed by atoms with E-state index >= 15 is 0 Å². The first-order valence-corrected chi connectivity index (χ1v) is 25.5. The van der Waals surface area contributed by atoms with E-state index in [0.717, 1.165) is 89.9 Å². The van der Waals surface area contributed by atoms with Crippen molar-refractivity contribution in [1.29, 1.82) is 0 Å². The molecule has 0 fully saturated rings. The monoisotopic (exact) mass is 905 g/mol. The molecule has 8 heteroatoms. The van der Waals surface area contributed by atoms with Gasteiger partial charge in [0.15, 0.2) is 12.1 Å². The number of ether oxygens (including phenoxy) is 3. The van der Waals surface area contributed by atoms with Crippen LogP contribution in [-0.2, 0) is 28.6 Å². The number of carbonyl (C=O) groups excluding carboxylic acids is 2. The molecule has 2 atom stereocenters. The summed E-state index contributed by atoms with van der Waals surface area (Å²) < 4.78 is 17.3. The van der Waals surface area contributed by atoms with Gasteiger partial charge in [0.25, 0.3) is 0 Å². The van der Waals surface area contributed by atoms with Crippen LogP contribution in [0, 0.1) is 0 Å². The summed E-state index contributed by atoms with van der Waals surface area (Å²) in [5, 5.41) is 9.66. The van der Waals surface area contributed by atoms with Crippen molar-refractivity contribution in [2.45, 2.75) is 193 Å². The molecule has 0 aliphatic rings. The summed E-state index contributed by atoms with van der Waals surface area (Å²) in [6.07, 6.45) is 64.2. The van der Waals surface area contributed by atoms with Gasteiger partial charge in [-0.3, -0.25) is 9.59 Å². The maximum atomic E-state index is 12.8. The van der Waals surface area contributed by atoms with E-state index in [1.807, 2.05) is 57.6 Å². The summed E-state index contributed by atoms with van der Waals surface area (Å²) in [6.45, 7) is 4.50. The fourth-order valence-electron chi connectivity index (χ4n) is 6.88. The van der Waals surface area contributed by atoms with Gasteiger partial charge in [0.05, 0.1) is 34.4 Å². The molecule has 0 aliphatic carbocycles. The Kier molecular flexibility index (Phi) is 43.6. The van der Waals surface area contributed by atoms with Crippen molar-refractivity contribution in [2.75, 3.05) is 41.0 Å². The van der Waals surface area contributed by atoms with E-state index in [0.29, 0.717) is 19.3 Å². The van der Waals surface area contributed by atoms with Gasteiger partial charge in [-0.15, -0.1) is 0 Å². The summed E-state index contributed by atoms with van der Waals surface area (Å²) in [6, 6.07) is -0.628. The number of allylic oxidation sites excluding steroid dienone is 18. The standard InChI is InChI=1S/C57H93NO7/c1-6-8-10-12-14-16-18-20-22-24-26-27-28-29-30-32-33-35-37-39-41-43-45-47-55(59)64-52-53(51-63-50-49-54(57(61)62)58(3,4)5)65-56(60)48-46-44-42-40-38-36-34-31-25-23-21-19-17-15-13-11-9-7-2/h8,10-11,13-17,19-23,25-27,31,34,53-54H,6-7,9,12,18,24,28-30,32-33,35-52H2,1-5H3/p+1/b10-8+,13-11+,16-14+,17-15+,21-19+,22-20+,25-23+,27-26+,34-31+. The van der Waals surface area contributed by atoms with Crippen molar-refractivity contribution in [3.8, 4) is 0 Å². The van der Waals surface area contributed by atoms with Crippen molar-refractivity contribution >= 4 is 17.9 Å². The van der Waals surface area contributed by atoms with Gasteiger partial charge in [-0.2, -0.15) is 0 Å². The topological polar surface area (TPSA) is 99.1 Å². The number of unbranched alkanes of at least 4 members (excludes halogenated alkanes) is 16. The largest absolute Gasteiger partial charge is 0.477 e. The van der Waals surface area contributed by atoms with Crippen LogP contribution in [0.25, 0.3) is 0 Å². The van der Waals surface area contributed by atoms with Crippen LogP contribution in [0.15, 0.2) is 109 Å². The van der Waals surface area contributed by atoms with Gasteiger partial charge in [0.2, 0.25) is 0 Å². The number of hydrogen-bond donors (Lipinski definition) is 1. The lowest BCUT2D eigenvalue weighted by Gasteiger charge is -2.31. The van der Waals surface area contributed by atoms with Crippen LogP contribution in [0.1, 0.15) is 181 Å². The van der Waals surface area contributed by atoms with Crippen LogP contribution in [0.3, 0.4) is 0 Å². The molecular formula is C57H94NO7+. The highest BCUT2D eigenvalue weighted by atomic mass is 16.6. The van der Waals surface area contributed by atoms with E-state index in [1.54, 1.807) is 0 Å². The average molecular weight is 905 g/mol. The Bertz CT molecular complexity index is 1420. The highest BCUT2D eigenvalue weighted by Crippen LogP contribution is 2.14. The molecule has 1 N–H and O–H groups in total. The van der Waals surface area contributed by atoms with Gasteiger partial charge in [-0.05, 0) is 70.6 Å². The highest BCUT2D eigenvalue weighted by Gasteiger charge is 2.31. The third-order valence-electron chi connectivity index (χ3n) is 10.8. The number of carboxylic acids is 1. The predicted molar refractivity (Wildman–Crippen MR) is 275 cm³/mol. The molecule has 0 aromatic rings. The van der Waals surface area contributed by atoms with E-state index < -0.39 is 18.1 Å². The van der Waals surface area contributed by atoms with Gasteiger partial charge < -0.3 is 23.8 Å². The number of aliphatic carboxylic acids is 1. The van der Waals surface area contributed by atoms with Gasteiger partial charge >= 0.3 is 17.9 Å². The van der Waals surface area contributed by atoms with Crippen molar-refractivity contribution in [3.05, 3.63) is 109 Å². The molecule has 65 heavy (non-hydrogen) atoms. The maximum absolute atomic E-state index is 12.8. The number of hydrogen-bond acceptors (Lipinski definition) is 6. The Hall–Kier alpha value is -4.01. The molecule has 0 bridgehead atoms. The van der Waals surface area contributed by atoms with E-state index in [9.17, 15) is 19.5 Å². The zero-order valence-corrected chi connectivity index (χ0v) is 41.9. The quantitative estimate of drug-likeness (QED) is 0.0214. The summed E-state index contributed by atoms with van der Waals surface area (Å²) >= 11 is 0. The molecule has 0 saturated heterocycles. The first-order chi connectivity index (χ1) is 31.6. The Labute approximate surface area is 398 Å². The normalized spacial score (nSPS) is 13.8. The molecule has 0 aliphatic heterocycles. The second-order valence-corrected chi connectivity index (χ2v) is 17.8. The minimum absolute atomic E-state index is 0.0422. The molecule has 0 aromatic heterocycles. The Morgan fingerprint density at radius 1 is 0.492 bits per heavy atom. The van der Waals surface area contributed by atoms with Crippen LogP contribution in [0.2, 0.25) is 0 Å². The molecule has 0 saturated carbocycles. The lowest BCUT2D eigenvalue weighted by molar-refractivity contribution is -0.887. The number of carbonyl (C=O) groups is 3. The summed E-state index contributed by atoms with van der Waals surface area (Å²) in [7, 11) is 5.51. The first kappa shape index (κ1) is 61.0. The lowest BCUT2D eigenvalue weighted by atomic mass is 10.1. The van der Waals surface area contributed by atoms with Crippen LogP contribution in [-0.4, -0.2) is 80.6 Å². The van der Waals surface area contributed by atoms with E-state index in [2.05, 4.69) is 86.8 Å². The number of rotatable bonds is 44. The van der Waals surface area contributed by atoms with Gasteiger partial charge in [-0.1, -0.05) is 200 Å². The molecule has 368 valence electrons. The number of likely N-dealkylation sites (N-methyl/N-ethyl adjacent to an activating group) is 1. The first-order valence-electron chi connectivity index (χ1n) is 25.5. The maximum Gasteiger partial charge on any atom is 0.362 e. The number of nitrogens with zero attached hydrogens (tertiary/aromatic N) is 1. The van der Waals surface area contributed by atoms with Crippen LogP contribution >= 0.6 is 0 Å². The summed E-state index contributed by atoms with van der Waals surface area (Å²) in [4.78, 5) is 37.2. The van der Waals surface area contributed by atoms with Gasteiger partial charge in [0.1, 0.15) is 6.61 Å². The van der Waals surface area contributed by atoms with Crippen molar-refractivity contribution in [2.24, 2.45) is 0 Å². The third kappa shape index (κ3) is 45.0. The SMILES string of the molecule is CC/C=C/C/C=C/C/C=C/C/C=C/CCCCCCCCCCCCC(=O)OCC(COCCC(C(=O)O)[N+](C)(C)C)OC(=O)CCCCCCC/C=C/C=C/C=C/C=C/C=C/CCC. The second-order valence-electron chi connectivity index (χ2n) is 17.8. The molecule has 0 heterocycles. The van der Waals surface area contributed by atoms with Crippen molar-refractivity contribution in [1.82, 2.24) is 0 Å². The number of carboxylic acid groups (broad SMARTS) is 1. The zero-order chi connectivity index (χ0) is 47.7. The average Bonchev–Trinajstić information content (AvgIpc) is 3.27. The summed E-state index contributed by atoms with van der Waals surface area (Å²) in [5.74, 6) is -1.52. The molecule has 0 spiro atoms. The van der Waals surface area contributed by atoms with Gasteiger partial charge in [0, 0.05) is 19.3 Å². The van der Waals surface area contributed by atoms with Crippen molar-refractivity contribution < 1.29 is 38.2 Å². The van der Waals surface area contributed by atoms with Crippen molar-refractivity contribution in [3.63, 3.8) is 0 Å². The lowest BCUT2D eigenvalue weighted by Crippen LogP contribution is -2.50. The Morgan fingerprint density at radius 2 is 0.923 bits per heavy atom. The third-order valence-corrected chi connectivity index (χ3v) is 10.8. The molecule has 0 radical (unpaired) electrons. The van der Waals surface area contributed by atoms with Crippen LogP contribution in [0.5, 0.6) is 0 Å². The molecule has 0 amide bonds. The molecule has 0 aromatic carbocycles. The number of quaternary nitrogens is 1. The zero-order valence-electron chi connectivity index (χ0n) is 41.9.